The van der Waals surface area contributed by atoms with E-state index in [1.165, 1.54) is 24.4 Å². The third-order valence-corrected chi connectivity index (χ3v) is 2.20. The zero-order valence-electron chi connectivity index (χ0n) is 10.1. The first-order valence-corrected chi connectivity index (χ1v) is 5.60. The summed E-state index contributed by atoms with van der Waals surface area (Å²) < 4.78 is 24.7. The van der Waals surface area contributed by atoms with Gasteiger partial charge in [-0.2, -0.15) is 0 Å². The van der Waals surface area contributed by atoms with Crippen molar-refractivity contribution in [2.24, 2.45) is 0 Å². The van der Waals surface area contributed by atoms with Crippen molar-refractivity contribution in [1.29, 1.82) is 0 Å². The van der Waals surface area contributed by atoms with E-state index in [-0.39, 0.29) is 18.7 Å². The average Bonchev–Trinajstić information content (AvgIpc) is 2.39. The first-order valence-electron chi connectivity index (χ1n) is 5.60. The minimum atomic E-state index is -0.925. The van der Waals surface area contributed by atoms with Crippen LogP contribution in [0.25, 0.3) is 0 Å². The Kier molecular flexibility index (Phi) is 6.15. The predicted octanol–water partition coefficient (Wildman–Crippen LogP) is 3.06. The second-order valence-corrected chi connectivity index (χ2v) is 3.66. The second-order valence-electron chi connectivity index (χ2n) is 3.66. The number of pyridine rings is 1. The number of halogens is 2. The monoisotopic (exact) mass is 265 g/mol. The van der Waals surface area contributed by atoms with E-state index in [2.05, 4.69) is 4.98 Å². The third-order valence-electron chi connectivity index (χ3n) is 2.20. The Balaban J connectivity index is 0.000000218. The summed E-state index contributed by atoms with van der Waals surface area (Å²) in [5, 5.41) is 8.33. The normalized spacial score (nSPS) is 9.37. The molecular formula is C14H13F2NO2. The number of aromatic nitrogens is 1. The molecular weight excluding hydrogens is 252 g/mol. The number of carbonyl (C=O) groups is 1. The highest BCUT2D eigenvalue weighted by Crippen LogP contribution is 2.06. The SMILES string of the molecule is Fc1ccccc1.O=C(O)CCc1ccncc1F. The summed E-state index contributed by atoms with van der Waals surface area (Å²) in [6.45, 7) is 0. The van der Waals surface area contributed by atoms with Gasteiger partial charge in [0.25, 0.3) is 0 Å². The van der Waals surface area contributed by atoms with Gasteiger partial charge in [-0.3, -0.25) is 9.78 Å². The van der Waals surface area contributed by atoms with Crippen molar-refractivity contribution < 1.29 is 18.7 Å². The first-order chi connectivity index (χ1) is 9.09. The van der Waals surface area contributed by atoms with E-state index in [4.69, 9.17) is 5.11 Å². The van der Waals surface area contributed by atoms with Crippen molar-refractivity contribution in [1.82, 2.24) is 4.98 Å². The van der Waals surface area contributed by atoms with Crippen molar-refractivity contribution in [3.8, 4) is 0 Å². The van der Waals surface area contributed by atoms with E-state index in [0.717, 1.165) is 6.20 Å². The maximum atomic E-state index is 12.8. The fraction of sp³-hybridized carbons (Fsp3) is 0.143. The molecule has 0 spiro atoms. The molecule has 5 heteroatoms. The largest absolute Gasteiger partial charge is 0.481 e. The van der Waals surface area contributed by atoms with E-state index < -0.39 is 11.8 Å². The molecule has 1 aromatic carbocycles. The zero-order valence-corrected chi connectivity index (χ0v) is 10.1. The van der Waals surface area contributed by atoms with Gasteiger partial charge in [0, 0.05) is 12.6 Å². The van der Waals surface area contributed by atoms with Gasteiger partial charge in [0.15, 0.2) is 0 Å². The van der Waals surface area contributed by atoms with Crippen LogP contribution in [0.5, 0.6) is 0 Å². The summed E-state index contributed by atoms with van der Waals surface area (Å²) in [7, 11) is 0. The molecule has 2 rings (SSSR count). The van der Waals surface area contributed by atoms with Gasteiger partial charge in [-0.15, -0.1) is 0 Å². The van der Waals surface area contributed by atoms with Gasteiger partial charge in [-0.05, 0) is 30.2 Å². The van der Waals surface area contributed by atoms with Crippen LogP contribution in [0.2, 0.25) is 0 Å². The number of aliphatic carboxylic acids is 1. The number of carboxylic acids is 1. The fourth-order valence-electron chi connectivity index (χ4n) is 1.26. The lowest BCUT2D eigenvalue weighted by Crippen LogP contribution is -1.99. The van der Waals surface area contributed by atoms with Crippen molar-refractivity contribution in [3.05, 3.63) is 66.0 Å². The van der Waals surface area contributed by atoms with E-state index in [9.17, 15) is 13.6 Å². The quantitative estimate of drug-likeness (QED) is 0.927. The molecule has 0 amide bonds. The summed E-state index contributed by atoms with van der Waals surface area (Å²) in [6.07, 6.45) is 2.68. The molecule has 0 atom stereocenters. The Morgan fingerprint density at radius 1 is 1.16 bits per heavy atom. The van der Waals surface area contributed by atoms with Crippen LogP contribution < -0.4 is 0 Å². The van der Waals surface area contributed by atoms with Crippen molar-refractivity contribution in [2.75, 3.05) is 0 Å². The van der Waals surface area contributed by atoms with Crippen molar-refractivity contribution in [3.63, 3.8) is 0 Å². The maximum Gasteiger partial charge on any atom is 0.303 e. The van der Waals surface area contributed by atoms with E-state index in [0.29, 0.717) is 5.56 Å². The fourth-order valence-corrected chi connectivity index (χ4v) is 1.26. The molecule has 0 bridgehead atoms. The molecule has 0 aliphatic heterocycles. The maximum absolute atomic E-state index is 12.8. The molecule has 2 aromatic rings. The van der Waals surface area contributed by atoms with Crippen LogP contribution in [-0.4, -0.2) is 16.1 Å². The smallest absolute Gasteiger partial charge is 0.303 e. The molecule has 100 valence electrons. The Bertz CT molecular complexity index is 518. The first kappa shape index (κ1) is 14.8. The lowest BCUT2D eigenvalue weighted by Gasteiger charge is -1.98. The summed E-state index contributed by atoms with van der Waals surface area (Å²) in [6, 6.07) is 9.42. The van der Waals surface area contributed by atoms with Gasteiger partial charge in [-0.25, -0.2) is 8.78 Å². The zero-order chi connectivity index (χ0) is 14.1. The predicted molar refractivity (Wildman–Crippen MR) is 66.6 cm³/mol. The van der Waals surface area contributed by atoms with Crippen LogP contribution in [0.4, 0.5) is 8.78 Å². The second kappa shape index (κ2) is 7.92. The van der Waals surface area contributed by atoms with E-state index >= 15 is 0 Å². The Labute approximate surface area is 109 Å². The number of aryl methyl sites for hydroxylation is 1. The Hall–Kier alpha value is -2.30. The van der Waals surface area contributed by atoms with Gasteiger partial charge in [0.05, 0.1) is 6.20 Å². The van der Waals surface area contributed by atoms with Crippen molar-refractivity contribution >= 4 is 5.97 Å². The van der Waals surface area contributed by atoms with E-state index in [1.807, 2.05) is 0 Å². The molecule has 0 radical (unpaired) electrons. The van der Waals surface area contributed by atoms with Gasteiger partial charge in [-0.1, -0.05) is 18.2 Å². The molecule has 0 fully saturated rings. The standard InChI is InChI=1S/C8H8FNO2.C6H5F/c9-7-5-10-4-3-6(7)1-2-8(11)12;7-6-4-2-1-3-5-6/h3-5H,1-2H2,(H,11,12);1-5H. The number of hydrogen-bond acceptors (Lipinski definition) is 2. The topological polar surface area (TPSA) is 50.2 Å². The average molecular weight is 265 g/mol. The highest BCUT2D eigenvalue weighted by molar-refractivity contribution is 5.67. The van der Waals surface area contributed by atoms with Crippen LogP contribution in [0, 0.1) is 11.6 Å². The highest BCUT2D eigenvalue weighted by atomic mass is 19.1. The molecule has 0 aliphatic rings. The lowest BCUT2D eigenvalue weighted by molar-refractivity contribution is -0.136. The Morgan fingerprint density at radius 3 is 2.32 bits per heavy atom. The third kappa shape index (κ3) is 6.26. The minimum Gasteiger partial charge on any atom is -0.481 e. The van der Waals surface area contributed by atoms with Gasteiger partial charge in [0.2, 0.25) is 0 Å². The molecule has 1 heterocycles. The Morgan fingerprint density at radius 2 is 1.84 bits per heavy atom. The molecule has 1 N–H and O–H groups in total. The summed E-state index contributed by atoms with van der Waals surface area (Å²) in [5.74, 6) is -1.55. The summed E-state index contributed by atoms with van der Waals surface area (Å²) in [4.78, 5) is 13.7. The number of benzene rings is 1. The molecule has 0 saturated heterocycles. The summed E-state index contributed by atoms with van der Waals surface area (Å²) >= 11 is 0. The molecule has 0 aliphatic carbocycles. The van der Waals surface area contributed by atoms with Crippen LogP contribution >= 0.6 is 0 Å². The molecule has 0 saturated carbocycles. The molecule has 1 aromatic heterocycles. The van der Waals surface area contributed by atoms with Crippen molar-refractivity contribution in [2.45, 2.75) is 12.8 Å². The van der Waals surface area contributed by atoms with Crippen LogP contribution in [-0.2, 0) is 11.2 Å². The molecule has 0 unspecified atom stereocenters. The van der Waals surface area contributed by atoms with Crippen LogP contribution in [0.3, 0.4) is 0 Å². The van der Waals surface area contributed by atoms with E-state index in [1.54, 1.807) is 18.2 Å². The number of nitrogens with zero attached hydrogens (tertiary/aromatic N) is 1. The lowest BCUT2D eigenvalue weighted by atomic mass is 10.1. The molecule has 19 heavy (non-hydrogen) atoms. The minimum absolute atomic E-state index is 0.0546. The number of hydrogen-bond donors (Lipinski definition) is 1. The summed E-state index contributed by atoms with van der Waals surface area (Å²) in [5.41, 5.74) is 0.396. The van der Waals surface area contributed by atoms with Gasteiger partial charge < -0.3 is 5.11 Å². The number of rotatable bonds is 3. The molecule has 3 nitrogen and oxygen atoms in total. The van der Waals surface area contributed by atoms with Gasteiger partial charge in [0.1, 0.15) is 11.6 Å². The number of carboxylic acid groups (broad SMARTS) is 1. The van der Waals surface area contributed by atoms with Crippen LogP contribution in [0.15, 0.2) is 48.8 Å². The van der Waals surface area contributed by atoms with Gasteiger partial charge >= 0.3 is 5.97 Å². The highest BCUT2D eigenvalue weighted by Gasteiger charge is 2.03. The van der Waals surface area contributed by atoms with Crippen LogP contribution in [0.1, 0.15) is 12.0 Å².